The van der Waals surface area contributed by atoms with Crippen LogP contribution in [0.3, 0.4) is 0 Å². The van der Waals surface area contributed by atoms with Crippen molar-refractivity contribution in [3.63, 3.8) is 0 Å². The predicted molar refractivity (Wildman–Crippen MR) is 65.8 cm³/mol. The molecule has 2 rings (SSSR count). The SMILES string of the molecule is BC1(B)CC(F)(F)CC(B)(B)n2nnnc21. The summed E-state index contributed by atoms with van der Waals surface area (Å²) in [4.78, 5) is 0. The third-order valence-electron chi connectivity index (χ3n) is 3.04. The summed E-state index contributed by atoms with van der Waals surface area (Å²) in [7, 11) is 6.99. The largest absolute Gasteiger partial charge is 0.248 e. The highest BCUT2D eigenvalue weighted by molar-refractivity contribution is 6.41. The van der Waals surface area contributed by atoms with Gasteiger partial charge in [-0.3, -0.25) is 0 Å². The zero-order valence-electron chi connectivity index (χ0n) is 9.96. The number of hydrogen-bond donors (Lipinski definition) is 0. The minimum atomic E-state index is -2.70. The van der Waals surface area contributed by atoms with Crippen LogP contribution in [0.4, 0.5) is 8.78 Å². The predicted octanol–water partition coefficient (Wildman–Crippen LogP) is -3.60. The Morgan fingerprint density at radius 2 is 1.75 bits per heavy atom. The molecule has 0 unspecified atom stereocenters. The van der Waals surface area contributed by atoms with Crippen LogP contribution in [0.1, 0.15) is 18.7 Å². The first-order chi connectivity index (χ1) is 7.14. The highest BCUT2D eigenvalue weighted by Crippen LogP contribution is 2.40. The van der Waals surface area contributed by atoms with Gasteiger partial charge in [0.2, 0.25) is 5.92 Å². The second kappa shape index (κ2) is 3.11. The van der Waals surface area contributed by atoms with Gasteiger partial charge in [-0.1, -0.05) is 0 Å². The van der Waals surface area contributed by atoms with E-state index in [-0.39, 0.29) is 12.8 Å². The normalized spacial score (nSPS) is 25.6. The maximum absolute atomic E-state index is 13.8. The van der Waals surface area contributed by atoms with Crippen molar-refractivity contribution in [1.82, 2.24) is 20.2 Å². The Balaban J connectivity index is 2.59. The molecule has 0 saturated heterocycles. The standard InChI is InChI=1S/C6H12B4F2N4/c7-5(8)1-4(11,12)2-6(9,10)16-3(5)13-14-15-16/h1-2,7-10H2. The maximum atomic E-state index is 13.8. The second-order valence-electron chi connectivity index (χ2n) is 5.82. The molecule has 0 radical (unpaired) electrons. The average molecular weight is 221 g/mol. The molecule has 16 heavy (non-hydrogen) atoms. The Labute approximate surface area is 96.2 Å². The summed E-state index contributed by atoms with van der Waals surface area (Å²) >= 11 is 0. The summed E-state index contributed by atoms with van der Waals surface area (Å²) in [5.74, 6) is -2.16. The highest BCUT2D eigenvalue weighted by atomic mass is 19.3. The molecule has 2 heterocycles. The first-order valence-electron chi connectivity index (χ1n) is 5.31. The first kappa shape index (κ1) is 11.7. The van der Waals surface area contributed by atoms with Gasteiger partial charge in [0.05, 0.1) is 0 Å². The van der Waals surface area contributed by atoms with E-state index in [4.69, 9.17) is 0 Å². The number of nitrogens with zero attached hydrogens (tertiary/aromatic N) is 4. The molecule has 0 bridgehead atoms. The molecule has 0 atom stereocenters. The summed E-state index contributed by atoms with van der Waals surface area (Å²) in [6.07, 6.45) is -0.453. The molecule has 0 fully saturated rings. The molecule has 0 saturated carbocycles. The van der Waals surface area contributed by atoms with Crippen LogP contribution < -0.4 is 0 Å². The van der Waals surface area contributed by atoms with E-state index in [9.17, 15) is 8.78 Å². The molecule has 0 aromatic carbocycles. The number of halogens is 2. The fraction of sp³-hybridized carbons (Fsp3) is 0.833. The van der Waals surface area contributed by atoms with Crippen LogP contribution in [0, 0.1) is 0 Å². The van der Waals surface area contributed by atoms with Crippen molar-refractivity contribution in [3.05, 3.63) is 5.82 Å². The van der Waals surface area contributed by atoms with Gasteiger partial charge in [0.1, 0.15) is 37.2 Å². The Hall–Kier alpha value is -0.810. The molecule has 0 N–H and O–H groups in total. The Kier molecular flexibility index (Phi) is 2.27. The van der Waals surface area contributed by atoms with Crippen molar-refractivity contribution < 1.29 is 8.78 Å². The van der Waals surface area contributed by atoms with Crippen LogP contribution in [-0.4, -0.2) is 57.5 Å². The summed E-state index contributed by atoms with van der Waals surface area (Å²) in [6, 6.07) is 0. The Morgan fingerprint density at radius 3 is 2.38 bits per heavy atom. The van der Waals surface area contributed by atoms with Crippen LogP contribution in [0.15, 0.2) is 0 Å². The molecule has 0 amide bonds. The Bertz CT molecular complexity index is 384. The molecule has 0 spiro atoms. The third kappa shape index (κ3) is 1.78. The Morgan fingerprint density at radius 1 is 1.12 bits per heavy atom. The zero-order valence-corrected chi connectivity index (χ0v) is 9.96. The van der Waals surface area contributed by atoms with Crippen molar-refractivity contribution in [3.8, 4) is 0 Å². The second-order valence-corrected chi connectivity index (χ2v) is 5.82. The number of tetrazole rings is 1. The molecule has 0 aliphatic carbocycles. The van der Waals surface area contributed by atoms with Gasteiger partial charge in [0, 0.05) is 18.2 Å². The monoisotopic (exact) mass is 222 g/mol. The van der Waals surface area contributed by atoms with Gasteiger partial charge < -0.3 is 0 Å². The lowest BCUT2D eigenvalue weighted by atomic mass is 9.51. The van der Waals surface area contributed by atoms with E-state index >= 15 is 0 Å². The molecular weight excluding hydrogens is 209 g/mol. The molecule has 82 valence electrons. The van der Waals surface area contributed by atoms with E-state index < -0.39 is 16.5 Å². The van der Waals surface area contributed by atoms with E-state index in [2.05, 4.69) is 15.5 Å². The zero-order chi connectivity index (χ0) is 12.2. The molecular formula is C6H12B4F2N4. The number of rotatable bonds is 0. The smallest absolute Gasteiger partial charge is 0.241 e. The molecule has 10 heteroatoms. The third-order valence-corrected chi connectivity index (χ3v) is 3.04. The van der Waals surface area contributed by atoms with Gasteiger partial charge in [-0.25, -0.2) is 13.5 Å². The van der Waals surface area contributed by atoms with Crippen LogP contribution in [0.2, 0.25) is 0 Å². The molecule has 4 nitrogen and oxygen atoms in total. The molecule has 1 aromatic rings. The average Bonchev–Trinajstić information content (AvgIpc) is 2.43. The van der Waals surface area contributed by atoms with Crippen molar-refractivity contribution in [2.45, 2.75) is 29.3 Å². The number of aromatic nitrogens is 4. The minimum Gasteiger partial charge on any atom is -0.241 e. The van der Waals surface area contributed by atoms with Gasteiger partial charge in [-0.05, 0) is 15.6 Å². The van der Waals surface area contributed by atoms with Gasteiger partial charge in [-0.2, -0.15) is 0 Å². The maximum Gasteiger partial charge on any atom is 0.248 e. The molecule has 1 aromatic heterocycles. The van der Waals surface area contributed by atoms with Crippen molar-refractivity contribution in [2.75, 3.05) is 0 Å². The van der Waals surface area contributed by atoms with Gasteiger partial charge >= 0.3 is 0 Å². The lowest BCUT2D eigenvalue weighted by Crippen LogP contribution is -2.40. The van der Waals surface area contributed by atoms with Gasteiger partial charge in [-0.15, -0.1) is 5.10 Å². The number of fused-ring (bicyclic) bond motifs is 1. The fourth-order valence-electron chi connectivity index (χ4n) is 2.51. The highest BCUT2D eigenvalue weighted by Gasteiger charge is 2.49. The van der Waals surface area contributed by atoms with E-state index in [1.54, 1.807) is 31.4 Å². The summed E-state index contributed by atoms with van der Waals surface area (Å²) in [5, 5.41) is 9.89. The van der Waals surface area contributed by atoms with E-state index in [1.807, 2.05) is 0 Å². The van der Waals surface area contributed by atoms with E-state index in [1.165, 1.54) is 4.68 Å². The van der Waals surface area contributed by atoms with E-state index in [0.29, 0.717) is 5.82 Å². The quantitative estimate of drug-likeness (QED) is 0.425. The van der Waals surface area contributed by atoms with Crippen LogP contribution in [0.25, 0.3) is 0 Å². The molecule has 1 aliphatic heterocycles. The van der Waals surface area contributed by atoms with E-state index in [0.717, 1.165) is 0 Å². The fourth-order valence-corrected chi connectivity index (χ4v) is 2.51. The minimum absolute atomic E-state index is 0.218. The van der Waals surface area contributed by atoms with Gasteiger partial charge in [0.25, 0.3) is 0 Å². The summed E-state index contributed by atoms with van der Waals surface area (Å²) < 4.78 is 29.2. The first-order valence-corrected chi connectivity index (χ1v) is 5.31. The van der Waals surface area contributed by atoms with Crippen LogP contribution in [-0.2, 0) is 10.6 Å². The van der Waals surface area contributed by atoms with Crippen LogP contribution >= 0.6 is 0 Å². The lowest BCUT2D eigenvalue weighted by Gasteiger charge is -2.27. The van der Waals surface area contributed by atoms with Crippen molar-refractivity contribution in [2.24, 2.45) is 0 Å². The number of alkyl halides is 2. The van der Waals surface area contributed by atoms with Gasteiger partial charge in [0.15, 0.2) is 0 Å². The van der Waals surface area contributed by atoms with Crippen molar-refractivity contribution >= 4 is 31.4 Å². The number of hydrogen-bond acceptors (Lipinski definition) is 3. The lowest BCUT2D eigenvalue weighted by molar-refractivity contribution is -0.0253. The summed E-state index contributed by atoms with van der Waals surface area (Å²) in [5.41, 5.74) is 0. The topological polar surface area (TPSA) is 43.6 Å². The molecule has 1 aliphatic rings. The van der Waals surface area contributed by atoms with Crippen LogP contribution in [0.5, 0.6) is 0 Å². The summed E-state index contributed by atoms with van der Waals surface area (Å²) in [6.45, 7) is 0. The van der Waals surface area contributed by atoms with Crippen molar-refractivity contribution in [1.29, 1.82) is 0 Å².